The van der Waals surface area contributed by atoms with E-state index in [-0.39, 0.29) is 34.4 Å². The summed E-state index contributed by atoms with van der Waals surface area (Å²) in [5.41, 5.74) is 0.298. The second-order valence-electron chi connectivity index (χ2n) is 6.74. The number of aromatic amines is 1. The third-order valence-electron chi connectivity index (χ3n) is 4.81. The Morgan fingerprint density at radius 2 is 2.16 bits per heavy atom. The zero-order valence-electron chi connectivity index (χ0n) is 16.5. The van der Waals surface area contributed by atoms with Gasteiger partial charge in [0.1, 0.15) is 10.6 Å². The number of Topliss-reactive ketones (excluding diaryl/α,β-unsaturated/α-hetero) is 1. The maximum absolute atomic E-state index is 13.0. The molecule has 0 bridgehead atoms. The van der Waals surface area contributed by atoms with Gasteiger partial charge < -0.3 is 19.7 Å². The molecular formula is C20H17N3O6S2. The maximum atomic E-state index is 13.0. The van der Waals surface area contributed by atoms with Crippen LogP contribution in [0.15, 0.2) is 33.5 Å². The Hall–Kier alpha value is -3.18. The molecule has 1 aromatic carbocycles. The number of nitrogens with zero attached hydrogens (tertiary/aromatic N) is 2. The van der Waals surface area contributed by atoms with E-state index in [0.717, 1.165) is 23.1 Å². The van der Waals surface area contributed by atoms with Crippen molar-refractivity contribution in [2.75, 3.05) is 18.1 Å². The molecule has 11 heteroatoms. The van der Waals surface area contributed by atoms with Crippen LogP contribution in [0.1, 0.15) is 34.6 Å². The van der Waals surface area contributed by atoms with E-state index in [0.29, 0.717) is 28.4 Å². The molecule has 0 saturated carbocycles. The van der Waals surface area contributed by atoms with E-state index in [1.165, 1.54) is 5.38 Å². The third-order valence-corrected chi connectivity index (χ3v) is 6.67. The molecule has 0 spiro atoms. The van der Waals surface area contributed by atoms with Gasteiger partial charge in [0, 0.05) is 17.5 Å². The lowest BCUT2D eigenvalue weighted by atomic mass is 10.1. The predicted octanol–water partition coefficient (Wildman–Crippen LogP) is 2.79. The number of carbonyl (C=O) groups excluding carboxylic acids is 2. The monoisotopic (exact) mass is 459 g/mol. The van der Waals surface area contributed by atoms with Gasteiger partial charge in [0.25, 0.3) is 11.5 Å². The number of likely N-dealkylation sites (N-methyl/N-ethyl adjacent to an activating group) is 1. The van der Waals surface area contributed by atoms with Gasteiger partial charge in [-0.15, -0.1) is 11.3 Å². The Morgan fingerprint density at radius 3 is 2.87 bits per heavy atom. The zero-order valence-corrected chi connectivity index (χ0v) is 18.1. The Balaban J connectivity index is 1.60. The first-order valence-corrected chi connectivity index (χ1v) is 11.1. The number of nitrogens with one attached hydrogen (secondary N) is 1. The number of rotatable bonds is 6. The molecule has 1 unspecified atom stereocenters. The van der Waals surface area contributed by atoms with Gasteiger partial charge in [0.05, 0.1) is 21.9 Å². The van der Waals surface area contributed by atoms with E-state index in [2.05, 4.69) is 9.97 Å². The highest BCUT2D eigenvalue weighted by atomic mass is 32.2. The van der Waals surface area contributed by atoms with Gasteiger partial charge in [-0.05, 0) is 32.0 Å². The second-order valence-corrected chi connectivity index (χ2v) is 8.93. The summed E-state index contributed by atoms with van der Waals surface area (Å²) < 4.78 is 5.43. The number of benzene rings is 1. The lowest BCUT2D eigenvalue weighted by molar-refractivity contribution is -0.121. The number of amides is 1. The number of anilines is 1. The molecule has 1 amide bonds. The number of aromatic nitrogens is 2. The summed E-state index contributed by atoms with van der Waals surface area (Å²) in [6.45, 7) is 3.96. The minimum absolute atomic E-state index is 0.0276. The maximum Gasteiger partial charge on any atom is 0.337 e. The van der Waals surface area contributed by atoms with E-state index >= 15 is 0 Å². The molecule has 3 aromatic rings. The van der Waals surface area contributed by atoms with Crippen LogP contribution in [-0.2, 0) is 4.79 Å². The van der Waals surface area contributed by atoms with Crippen LogP contribution in [0.4, 0.5) is 5.69 Å². The van der Waals surface area contributed by atoms with Gasteiger partial charge in [-0.25, -0.2) is 9.78 Å². The SMILES string of the molecule is CCN1C(=O)COc2ccc(C(=O)C(C)Sc3nc4scc(C(=O)O)c4c(=O)[nH]3)cc21. The summed E-state index contributed by atoms with van der Waals surface area (Å²) in [6.07, 6.45) is 0. The highest BCUT2D eigenvalue weighted by Gasteiger charge is 2.27. The fraction of sp³-hybridized carbons (Fsp3) is 0.250. The van der Waals surface area contributed by atoms with Crippen LogP contribution in [0.25, 0.3) is 10.2 Å². The molecular weight excluding hydrogens is 442 g/mol. The number of thioether (sulfide) groups is 1. The molecule has 0 aliphatic carbocycles. The number of ether oxygens (including phenoxy) is 1. The molecule has 160 valence electrons. The van der Waals surface area contributed by atoms with E-state index in [1.807, 2.05) is 6.92 Å². The van der Waals surface area contributed by atoms with Crippen LogP contribution >= 0.6 is 23.1 Å². The van der Waals surface area contributed by atoms with Crippen LogP contribution < -0.4 is 15.2 Å². The fourth-order valence-electron chi connectivity index (χ4n) is 3.30. The summed E-state index contributed by atoms with van der Waals surface area (Å²) in [6, 6.07) is 4.94. The molecule has 0 radical (unpaired) electrons. The number of carbonyl (C=O) groups is 3. The molecule has 0 saturated heterocycles. The number of H-pyrrole nitrogens is 1. The van der Waals surface area contributed by atoms with Gasteiger partial charge in [-0.3, -0.25) is 14.4 Å². The van der Waals surface area contributed by atoms with Crippen LogP contribution in [0.2, 0.25) is 0 Å². The van der Waals surface area contributed by atoms with Gasteiger partial charge in [-0.1, -0.05) is 11.8 Å². The molecule has 4 rings (SSSR count). The van der Waals surface area contributed by atoms with Crippen LogP contribution in [0, 0.1) is 0 Å². The normalized spacial score (nSPS) is 14.3. The van der Waals surface area contributed by atoms with E-state index in [9.17, 15) is 24.3 Å². The lowest BCUT2D eigenvalue weighted by Gasteiger charge is -2.28. The van der Waals surface area contributed by atoms with Crippen molar-refractivity contribution in [2.24, 2.45) is 0 Å². The first kappa shape index (κ1) is 21.1. The molecule has 1 aliphatic rings. The van der Waals surface area contributed by atoms with Crippen LogP contribution in [-0.4, -0.2) is 51.1 Å². The van der Waals surface area contributed by atoms with E-state index in [1.54, 1.807) is 30.0 Å². The number of thiophene rings is 1. The molecule has 9 nitrogen and oxygen atoms in total. The summed E-state index contributed by atoms with van der Waals surface area (Å²) in [4.78, 5) is 57.4. The number of carboxylic acids is 1. The number of hydrogen-bond donors (Lipinski definition) is 2. The highest BCUT2D eigenvalue weighted by molar-refractivity contribution is 8.00. The predicted molar refractivity (Wildman–Crippen MR) is 117 cm³/mol. The lowest BCUT2D eigenvalue weighted by Crippen LogP contribution is -2.38. The standard InChI is InChI=1S/C20H17N3O6S2/c1-3-23-12-6-10(4-5-13(12)29-7-14(23)24)16(25)9(2)31-20-21-17(26)15-11(19(27)28)8-30-18(15)22-20/h4-6,8-9H,3,7H2,1-2H3,(H,27,28)(H,21,22,26). The summed E-state index contributed by atoms with van der Waals surface area (Å²) in [5.74, 6) is -1.03. The molecule has 1 aliphatic heterocycles. The molecule has 0 fully saturated rings. The summed E-state index contributed by atoms with van der Waals surface area (Å²) >= 11 is 2.13. The first-order valence-electron chi connectivity index (χ1n) is 9.33. The van der Waals surface area contributed by atoms with Gasteiger partial charge in [0.2, 0.25) is 0 Å². The first-order chi connectivity index (χ1) is 14.8. The van der Waals surface area contributed by atoms with Crippen molar-refractivity contribution in [3.05, 3.63) is 45.1 Å². The second kappa shape index (κ2) is 8.16. The average Bonchev–Trinajstić information content (AvgIpc) is 3.17. The molecule has 1 atom stereocenters. The molecule has 3 heterocycles. The molecule has 2 N–H and O–H groups in total. The number of aromatic carboxylic acids is 1. The van der Waals surface area contributed by atoms with Crippen molar-refractivity contribution in [1.29, 1.82) is 0 Å². The van der Waals surface area contributed by atoms with Crippen molar-refractivity contribution in [3.63, 3.8) is 0 Å². The van der Waals surface area contributed by atoms with Gasteiger partial charge in [-0.2, -0.15) is 0 Å². The minimum Gasteiger partial charge on any atom is -0.482 e. The average molecular weight is 460 g/mol. The molecule has 2 aromatic heterocycles. The Labute approximate surface area is 184 Å². The molecule has 31 heavy (non-hydrogen) atoms. The van der Waals surface area contributed by atoms with Crippen molar-refractivity contribution in [2.45, 2.75) is 24.3 Å². The Morgan fingerprint density at radius 1 is 1.39 bits per heavy atom. The smallest absolute Gasteiger partial charge is 0.337 e. The fourth-order valence-corrected chi connectivity index (χ4v) is 5.14. The van der Waals surface area contributed by atoms with Gasteiger partial charge in [0.15, 0.2) is 17.5 Å². The minimum atomic E-state index is -1.20. The third kappa shape index (κ3) is 3.81. The van der Waals surface area contributed by atoms with Crippen molar-refractivity contribution >= 4 is 56.7 Å². The van der Waals surface area contributed by atoms with E-state index < -0.39 is 16.8 Å². The topological polar surface area (TPSA) is 130 Å². The van der Waals surface area contributed by atoms with E-state index in [4.69, 9.17) is 4.74 Å². The summed E-state index contributed by atoms with van der Waals surface area (Å²) in [5, 5.41) is 10.2. The quantitative estimate of drug-likeness (QED) is 0.327. The highest BCUT2D eigenvalue weighted by Crippen LogP contribution is 2.34. The number of carboxylic acid groups (broad SMARTS) is 1. The largest absolute Gasteiger partial charge is 0.482 e. The summed E-state index contributed by atoms with van der Waals surface area (Å²) in [7, 11) is 0. The Kier molecular flexibility index (Phi) is 5.54. The Bertz CT molecular complexity index is 1280. The van der Waals surface area contributed by atoms with Crippen molar-refractivity contribution in [1.82, 2.24) is 9.97 Å². The number of hydrogen-bond acceptors (Lipinski definition) is 8. The van der Waals surface area contributed by atoms with Crippen LogP contribution in [0.3, 0.4) is 0 Å². The van der Waals surface area contributed by atoms with Crippen molar-refractivity contribution < 1.29 is 24.2 Å². The van der Waals surface area contributed by atoms with Crippen molar-refractivity contribution in [3.8, 4) is 5.75 Å². The zero-order chi connectivity index (χ0) is 22.3. The number of fused-ring (bicyclic) bond motifs is 2. The number of ketones is 1. The van der Waals surface area contributed by atoms with Gasteiger partial charge >= 0.3 is 5.97 Å². The van der Waals surface area contributed by atoms with Crippen LogP contribution in [0.5, 0.6) is 5.75 Å².